The van der Waals surface area contributed by atoms with Crippen LogP contribution < -0.4 is 0 Å². The second kappa shape index (κ2) is 6.92. The van der Waals surface area contributed by atoms with Crippen molar-refractivity contribution in [1.29, 1.82) is 0 Å². The number of carbonyl (C=O) groups excluding carboxylic acids is 1. The van der Waals surface area contributed by atoms with E-state index in [1.54, 1.807) is 29.9 Å². The van der Waals surface area contributed by atoms with Crippen molar-refractivity contribution >= 4 is 28.6 Å². The Balaban J connectivity index is 1.95. The average Bonchev–Trinajstić information content (AvgIpc) is 2.93. The van der Waals surface area contributed by atoms with E-state index in [1.807, 2.05) is 0 Å². The van der Waals surface area contributed by atoms with Gasteiger partial charge in [0.05, 0.1) is 36.8 Å². The highest BCUT2D eigenvalue weighted by atomic mass is 35.5. The van der Waals surface area contributed by atoms with Gasteiger partial charge in [0.2, 0.25) is 5.28 Å². The fourth-order valence-corrected chi connectivity index (χ4v) is 2.53. The van der Waals surface area contributed by atoms with E-state index in [0.717, 1.165) is 5.56 Å². The van der Waals surface area contributed by atoms with Gasteiger partial charge in [-0.3, -0.25) is 4.79 Å². The number of hydrogen-bond donors (Lipinski definition) is 0. The molecule has 24 heavy (non-hydrogen) atoms. The minimum absolute atomic E-state index is 0.00514. The molecule has 0 amide bonds. The first-order valence-electron chi connectivity index (χ1n) is 7.35. The van der Waals surface area contributed by atoms with Crippen molar-refractivity contribution in [3.8, 4) is 0 Å². The Morgan fingerprint density at radius 2 is 2.04 bits per heavy atom. The van der Waals surface area contributed by atoms with Crippen LogP contribution in [0.5, 0.6) is 0 Å². The summed E-state index contributed by atoms with van der Waals surface area (Å²) in [6.45, 7) is 2.43. The predicted molar refractivity (Wildman–Crippen MR) is 86.2 cm³/mol. The average molecular weight is 349 g/mol. The normalized spacial score (nSPS) is 11.0. The number of carbonyl (C=O) groups is 1. The molecule has 0 saturated carbocycles. The molecule has 0 bridgehead atoms. The lowest BCUT2D eigenvalue weighted by molar-refractivity contribution is -0.142. The summed E-state index contributed by atoms with van der Waals surface area (Å²) in [5.41, 5.74) is 1.84. The van der Waals surface area contributed by atoms with E-state index in [2.05, 4.69) is 15.1 Å². The fourth-order valence-electron chi connectivity index (χ4n) is 2.35. The summed E-state index contributed by atoms with van der Waals surface area (Å²) in [5.74, 6) is -0.689. The van der Waals surface area contributed by atoms with Gasteiger partial charge in [-0.1, -0.05) is 12.1 Å². The van der Waals surface area contributed by atoms with Gasteiger partial charge in [0.15, 0.2) is 5.65 Å². The SMILES string of the molecule is CCOC(=O)Cc1nc(Cl)nc2c1cnn2Cc1ccc(F)cc1. The monoisotopic (exact) mass is 348 g/mol. The molecule has 2 aromatic heterocycles. The number of benzene rings is 1. The minimum Gasteiger partial charge on any atom is -0.466 e. The molecule has 0 unspecified atom stereocenters. The first-order valence-corrected chi connectivity index (χ1v) is 7.72. The van der Waals surface area contributed by atoms with Crippen LogP contribution in [0.3, 0.4) is 0 Å². The molecule has 0 saturated heterocycles. The zero-order valence-electron chi connectivity index (χ0n) is 12.9. The van der Waals surface area contributed by atoms with Gasteiger partial charge < -0.3 is 4.74 Å². The van der Waals surface area contributed by atoms with Crippen LogP contribution in [0, 0.1) is 5.82 Å². The molecule has 3 rings (SSSR count). The Kier molecular flexibility index (Phi) is 4.71. The van der Waals surface area contributed by atoms with E-state index in [-0.39, 0.29) is 23.5 Å². The molecule has 0 N–H and O–H groups in total. The van der Waals surface area contributed by atoms with Crippen LogP contribution in [0.4, 0.5) is 4.39 Å². The molecule has 8 heteroatoms. The standard InChI is InChI=1S/C16H14ClFN4O2/c1-2-24-14(23)7-13-12-8-19-22(15(12)21-16(17)20-13)9-10-3-5-11(18)6-4-10/h3-6,8H,2,7,9H2,1H3. The number of fused-ring (bicyclic) bond motifs is 1. The van der Waals surface area contributed by atoms with E-state index in [0.29, 0.717) is 29.9 Å². The topological polar surface area (TPSA) is 69.9 Å². The highest BCUT2D eigenvalue weighted by Crippen LogP contribution is 2.19. The largest absolute Gasteiger partial charge is 0.466 e. The van der Waals surface area contributed by atoms with Gasteiger partial charge >= 0.3 is 5.97 Å². The number of ether oxygens (including phenoxy) is 1. The molecule has 0 aliphatic rings. The van der Waals surface area contributed by atoms with Crippen LogP contribution in [-0.4, -0.2) is 32.3 Å². The Hall–Kier alpha value is -2.54. The molecule has 0 aliphatic carbocycles. The zero-order valence-corrected chi connectivity index (χ0v) is 13.6. The quantitative estimate of drug-likeness (QED) is 0.524. The molecule has 0 spiro atoms. The molecule has 0 fully saturated rings. The molecular weight excluding hydrogens is 335 g/mol. The highest BCUT2D eigenvalue weighted by molar-refractivity contribution is 6.28. The molecular formula is C16H14ClFN4O2. The van der Waals surface area contributed by atoms with E-state index in [1.165, 1.54) is 12.1 Å². The molecule has 0 atom stereocenters. The summed E-state index contributed by atoms with van der Waals surface area (Å²) in [6.07, 6.45) is 1.58. The van der Waals surface area contributed by atoms with Gasteiger partial charge in [0.1, 0.15) is 5.82 Å². The van der Waals surface area contributed by atoms with Gasteiger partial charge in [-0.15, -0.1) is 0 Å². The van der Waals surface area contributed by atoms with Gasteiger partial charge in [0.25, 0.3) is 0 Å². The van der Waals surface area contributed by atoms with Crippen LogP contribution in [0.2, 0.25) is 5.28 Å². The smallest absolute Gasteiger partial charge is 0.311 e. The van der Waals surface area contributed by atoms with Gasteiger partial charge in [-0.05, 0) is 36.2 Å². The first-order chi connectivity index (χ1) is 11.6. The molecule has 3 aromatic rings. The third-order valence-corrected chi connectivity index (χ3v) is 3.58. The van der Waals surface area contributed by atoms with E-state index < -0.39 is 0 Å². The number of hydrogen-bond acceptors (Lipinski definition) is 5. The second-order valence-electron chi connectivity index (χ2n) is 5.09. The Morgan fingerprint density at radius 3 is 2.75 bits per heavy atom. The van der Waals surface area contributed by atoms with Gasteiger partial charge in [-0.25, -0.2) is 14.1 Å². The number of esters is 1. The number of aromatic nitrogens is 4. The third-order valence-electron chi connectivity index (χ3n) is 3.41. The van der Waals surface area contributed by atoms with Crippen LogP contribution in [-0.2, 0) is 22.5 Å². The lowest BCUT2D eigenvalue weighted by Crippen LogP contribution is -2.10. The maximum absolute atomic E-state index is 13.0. The van der Waals surface area contributed by atoms with Crippen molar-refractivity contribution in [1.82, 2.24) is 19.7 Å². The summed E-state index contributed by atoms with van der Waals surface area (Å²) < 4.78 is 19.6. The summed E-state index contributed by atoms with van der Waals surface area (Å²) in [4.78, 5) is 20.0. The second-order valence-corrected chi connectivity index (χ2v) is 5.43. The summed E-state index contributed by atoms with van der Waals surface area (Å²) in [5, 5.41) is 4.94. The molecule has 1 aromatic carbocycles. The van der Waals surface area contributed by atoms with E-state index >= 15 is 0 Å². The molecule has 0 radical (unpaired) electrons. The van der Waals surface area contributed by atoms with Crippen molar-refractivity contribution in [3.63, 3.8) is 0 Å². The molecule has 124 valence electrons. The Bertz CT molecular complexity index is 880. The summed E-state index contributed by atoms with van der Waals surface area (Å²) in [7, 11) is 0. The summed E-state index contributed by atoms with van der Waals surface area (Å²) >= 11 is 5.97. The lowest BCUT2D eigenvalue weighted by atomic mass is 10.2. The van der Waals surface area contributed by atoms with Crippen molar-refractivity contribution < 1.29 is 13.9 Å². The third kappa shape index (κ3) is 3.51. The van der Waals surface area contributed by atoms with Crippen molar-refractivity contribution in [2.24, 2.45) is 0 Å². The number of halogens is 2. The maximum atomic E-state index is 13.0. The molecule has 2 heterocycles. The Labute approximate surface area is 142 Å². The zero-order chi connectivity index (χ0) is 17.1. The van der Waals surface area contributed by atoms with Crippen molar-refractivity contribution in [2.75, 3.05) is 6.61 Å². The van der Waals surface area contributed by atoms with Crippen LogP contribution in [0.1, 0.15) is 18.2 Å². The van der Waals surface area contributed by atoms with Crippen LogP contribution in [0.15, 0.2) is 30.5 Å². The highest BCUT2D eigenvalue weighted by Gasteiger charge is 2.15. The number of rotatable bonds is 5. The lowest BCUT2D eigenvalue weighted by Gasteiger charge is -2.06. The molecule has 0 aliphatic heterocycles. The van der Waals surface area contributed by atoms with Crippen molar-refractivity contribution in [2.45, 2.75) is 19.9 Å². The minimum atomic E-state index is -0.389. The summed E-state index contributed by atoms with van der Waals surface area (Å²) in [6, 6.07) is 6.11. The molecule has 6 nitrogen and oxygen atoms in total. The van der Waals surface area contributed by atoms with Crippen molar-refractivity contribution in [3.05, 3.63) is 52.8 Å². The maximum Gasteiger partial charge on any atom is 0.311 e. The fraction of sp³-hybridized carbons (Fsp3) is 0.250. The van der Waals surface area contributed by atoms with Gasteiger partial charge in [-0.2, -0.15) is 10.1 Å². The van der Waals surface area contributed by atoms with E-state index in [9.17, 15) is 9.18 Å². The van der Waals surface area contributed by atoms with Gasteiger partial charge in [0, 0.05) is 0 Å². The van der Waals surface area contributed by atoms with E-state index in [4.69, 9.17) is 16.3 Å². The number of nitrogens with zero attached hydrogens (tertiary/aromatic N) is 4. The first kappa shape index (κ1) is 16.3. The van der Waals surface area contributed by atoms with Crippen LogP contribution >= 0.6 is 11.6 Å². The van der Waals surface area contributed by atoms with Crippen LogP contribution in [0.25, 0.3) is 11.0 Å². The predicted octanol–water partition coefficient (Wildman–Crippen LogP) is 2.77. The Morgan fingerprint density at radius 1 is 1.29 bits per heavy atom.